The van der Waals surface area contributed by atoms with E-state index >= 15 is 0 Å². The van der Waals surface area contributed by atoms with E-state index in [1.165, 1.54) is 5.56 Å². The monoisotopic (exact) mass is 305 g/mol. The summed E-state index contributed by atoms with van der Waals surface area (Å²) < 4.78 is 0. The summed E-state index contributed by atoms with van der Waals surface area (Å²) in [6.07, 6.45) is 1.08. The van der Waals surface area contributed by atoms with Gasteiger partial charge in [0.15, 0.2) is 0 Å². The van der Waals surface area contributed by atoms with Gasteiger partial charge in [0.2, 0.25) is 0 Å². The predicted octanol–water partition coefficient (Wildman–Crippen LogP) is 2.83. The van der Waals surface area contributed by atoms with Crippen molar-refractivity contribution in [3.8, 4) is 6.07 Å². The molecule has 2 atom stereocenters. The molecule has 2 fully saturated rings. The average Bonchev–Trinajstić information content (AvgIpc) is 2.98. The van der Waals surface area contributed by atoms with E-state index in [4.69, 9.17) is 0 Å². The zero-order valence-corrected chi connectivity index (χ0v) is 13.6. The van der Waals surface area contributed by atoms with E-state index in [9.17, 15) is 5.26 Å². The molecule has 0 radical (unpaired) electrons. The molecule has 0 spiro atoms. The number of nitriles is 1. The summed E-state index contributed by atoms with van der Waals surface area (Å²) in [7, 11) is 0. The Morgan fingerprint density at radius 2 is 1.95 bits per heavy atom. The number of benzene rings is 1. The number of nitrogens with one attached hydrogen (secondary N) is 1. The Balaban J connectivity index is 0.00000161. The van der Waals surface area contributed by atoms with Crippen molar-refractivity contribution in [1.82, 2.24) is 5.32 Å². The lowest BCUT2D eigenvalue weighted by molar-refractivity contribution is 0.533. The molecule has 2 heterocycles. The van der Waals surface area contributed by atoms with E-state index in [1.807, 2.05) is 6.07 Å². The Kier molecular flexibility index (Phi) is 5.13. The van der Waals surface area contributed by atoms with E-state index in [2.05, 4.69) is 42.3 Å². The van der Waals surface area contributed by atoms with Gasteiger partial charge in [-0.15, -0.1) is 12.4 Å². The third kappa shape index (κ3) is 3.33. The van der Waals surface area contributed by atoms with E-state index in [0.29, 0.717) is 5.92 Å². The van der Waals surface area contributed by atoms with Crippen LogP contribution in [0.2, 0.25) is 0 Å². The van der Waals surface area contributed by atoms with Gasteiger partial charge in [-0.3, -0.25) is 0 Å². The minimum atomic E-state index is 0. The molecule has 2 unspecified atom stereocenters. The van der Waals surface area contributed by atoms with Gasteiger partial charge >= 0.3 is 0 Å². The minimum absolute atomic E-state index is 0. The molecule has 3 rings (SSSR count). The molecule has 0 bridgehead atoms. The molecule has 0 amide bonds. The number of halogens is 1. The maximum atomic E-state index is 9.37. The first kappa shape index (κ1) is 16.1. The molecule has 21 heavy (non-hydrogen) atoms. The summed E-state index contributed by atoms with van der Waals surface area (Å²) in [5.41, 5.74) is 3.33. The maximum absolute atomic E-state index is 9.37. The molecule has 1 N–H and O–H groups in total. The smallest absolute Gasteiger partial charge is 0.101 e. The third-order valence-corrected chi connectivity index (χ3v) is 4.56. The van der Waals surface area contributed by atoms with Crippen LogP contribution in [0.1, 0.15) is 25.0 Å². The van der Waals surface area contributed by atoms with E-state index < -0.39 is 0 Å². The topological polar surface area (TPSA) is 39.1 Å². The number of hydrogen-bond donors (Lipinski definition) is 1. The summed E-state index contributed by atoms with van der Waals surface area (Å²) in [4.78, 5) is 2.43. The molecule has 4 heteroatoms. The van der Waals surface area contributed by atoms with E-state index in [0.717, 1.165) is 55.7 Å². The summed E-state index contributed by atoms with van der Waals surface area (Å²) in [5.74, 6) is 2.17. The highest BCUT2D eigenvalue weighted by Crippen LogP contribution is 2.33. The second-order valence-corrected chi connectivity index (χ2v) is 6.64. The van der Waals surface area contributed by atoms with Crippen LogP contribution in [0.3, 0.4) is 0 Å². The first-order valence-electron chi connectivity index (χ1n) is 7.66. The second kappa shape index (κ2) is 6.68. The van der Waals surface area contributed by atoms with Crippen LogP contribution in [-0.4, -0.2) is 26.2 Å². The van der Waals surface area contributed by atoms with Gasteiger partial charge in [-0.2, -0.15) is 5.26 Å². The number of anilines is 1. The summed E-state index contributed by atoms with van der Waals surface area (Å²) in [5, 5.41) is 12.8. The van der Waals surface area contributed by atoms with Gasteiger partial charge in [0.25, 0.3) is 0 Å². The maximum Gasteiger partial charge on any atom is 0.101 e. The molecular weight excluding hydrogens is 282 g/mol. The highest BCUT2D eigenvalue weighted by molar-refractivity contribution is 5.85. The number of hydrogen-bond acceptors (Lipinski definition) is 3. The van der Waals surface area contributed by atoms with Gasteiger partial charge in [0.05, 0.1) is 11.3 Å². The Morgan fingerprint density at radius 1 is 1.29 bits per heavy atom. The molecule has 2 saturated heterocycles. The second-order valence-electron chi connectivity index (χ2n) is 6.64. The lowest BCUT2D eigenvalue weighted by atomic mass is 10.0. The largest absolute Gasteiger partial charge is 0.370 e. The van der Waals surface area contributed by atoms with Crippen LogP contribution in [0.5, 0.6) is 0 Å². The molecule has 3 nitrogen and oxygen atoms in total. The van der Waals surface area contributed by atoms with E-state index in [1.54, 1.807) is 0 Å². The first-order valence-corrected chi connectivity index (χ1v) is 7.66. The zero-order chi connectivity index (χ0) is 14.1. The van der Waals surface area contributed by atoms with Crippen LogP contribution in [0.25, 0.3) is 0 Å². The van der Waals surface area contributed by atoms with Crippen LogP contribution in [0, 0.1) is 29.1 Å². The highest BCUT2D eigenvalue weighted by Gasteiger charge is 2.36. The zero-order valence-electron chi connectivity index (χ0n) is 12.8. The van der Waals surface area contributed by atoms with Gasteiger partial charge in [-0.05, 0) is 41.9 Å². The number of rotatable bonds is 3. The Labute approximate surface area is 133 Å². The van der Waals surface area contributed by atoms with Crippen molar-refractivity contribution in [2.45, 2.75) is 20.3 Å². The molecule has 2 aliphatic rings. The lowest BCUT2D eigenvalue weighted by Crippen LogP contribution is -2.26. The molecule has 2 aliphatic heterocycles. The average molecular weight is 306 g/mol. The first-order chi connectivity index (χ1) is 9.67. The molecule has 0 aromatic heterocycles. The van der Waals surface area contributed by atoms with Crippen LogP contribution in [0.15, 0.2) is 18.2 Å². The summed E-state index contributed by atoms with van der Waals surface area (Å²) in [6, 6.07) is 8.72. The molecule has 1 aromatic rings. The number of fused-ring (bicyclic) bond motifs is 1. The van der Waals surface area contributed by atoms with Gasteiger partial charge in [0.1, 0.15) is 6.07 Å². The summed E-state index contributed by atoms with van der Waals surface area (Å²) in [6.45, 7) is 8.94. The highest BCUT2D eigenvalue weighted by atomic mass is 35.5. The third-order valence-electron chi connectivity index (χ3n) is 4.56. The van der Waals surface area contributed by atoms with E-state index in [-0.39, 0.29) is 12.4 Å². The van der Waals surface area contributed by atoms with Crippen molar-refractivity contribution in [2.24, 2.45) is 17.8 Å². The standard InChI is InChI=1S/C17H23N3.ClH/c1-12(2)5-13-3-4-14(7-18)17(6-13)20-10-15-8-19-9-16(15)11-20;/h3-4,6,12,15-16,19H,5,8-11H2,1-2H3;1H. The Bertz CT molecular complexity index is 523. The quantitative estimate of drug-likeness (QED) is 0.933. The van der Waals surface area contributed by atoms with Crippen molar-refractivity contribution < 1.29 is 0 Å². The predicted molar refractivity (Wildman–Crippen MR) is 89.0 cm³/mol. The van der Waals surface area contributed by atoms with Crippen molar-refractivity contribution in [3.05, 3.63) is 29.3 Å². The fraction of sp³-hybridized carbons (Fsp3) is 0.588. The van der Waals surface area contributed by atoms with Crippen LogP contribution in [-0.2, 0) is 6.42 Å². The fourth-order valence-electron chi connectivity index (χ4n) is 3.58. The molecule has 0 saturated carbocycles. The molecular formula is C17H24ClN3. The SMILES string of the molecule is CC(C)Cc1ccc(C#N)c(N2CC3CNCC3C2)c1.Cl. The van der Waals surface area contributed by atoms with Gasteiger partial charge in [-0.25, -0.2) is 0 Å². The van der Waals surface area contributed by atoms with Crippen molar-refractivity contribution >= 4 is 18.1 Å². The van der Waals surface area contributed by atoms with Gasteiger partial charge in [0, 0.05) is 26.2 Å². The molecule has 1 aromatic carbocycles. The van der Waals surface area contributed by atoms with Crippen LogP contribution in [0.4, 0.5) is 5.69 Å². The summed E-state index contributed by atoms with van der Waals surface area (Å²) >= 11 is 0. The van der Waals surface area contributed by atoms with Crippen molar-refractivity contribution in [2.75, 3.05) is 31.1 Å². The molecule has 114 valence electrons. The van der Waals surface area contributed by atoms with Crippen LogP contribution < -0.4 is 10.2 Å². The fourth-order valence-corrected chi connectivity index (χ4v) is 3.58. The minimum Gasteiger partial charge on any atom is -0.370 e. The Hall–Kier alpha value is -1.24. The van der Waals surface area contributed by atoms with Gasteiger partial charge < -0.3 is 10.2 Å². The lowest BCUT2D eigenvalue weighted by Gasteiger charge is -2.22. The Morgan fingerprint density at radius 3 is 2.52 bits per heavy atom. The normalized spacial score (nSPS) is 23.8. The van der Waals surface area contributed by atoms with Gasteiger partial charge in [-0.1, -0.05) is 19.9 Å². The molecule has 0 aliphatic carbocycles. The van der Waals surface area contributed by atoms with Crippen LogP contribution >= 0.6 is 12.4 Å². The van der Waals surface area contributed by atoms with Crippen molar-refractivity contribution in [3.63, 3.8) is 0 Å². The van der Waals surface area contributed by atoms with Crippen molar-refractivity contribution in [1.29, 1.82) is 5.26 Å². The number of nitrogens with zero attached hydrogens (tertiary/aromatic N) is 2.